The number of amides is 3. The fourth-order valence-electron chi connectivity index (χ4n) is 4.48. The average molecular weight is 569 g/mol. The molecule has 1 unspecified atom stereocenters. The topological polar surface area (TPSA) is 128 Å². The fourth-order valence-corrected chi connectivity index (χ4v) is 5.25. The highest BCUT2D eigenvalue weighted by Crippen LogP contribution is 2.30. The first-order chi connectivity index (χ1) is 19.2. The molecule has 0 saturated carbocycles. The number of hydrogen-bond acceptors (Lipinski definition) is 7. The van der Waals surface area contributed by atoms with Gasteiger partial charge in [-0.2, -0.15) is 0 Å². The largest absolute Gasteiger partial charge is 0.481 e. The fraction of sp³-hybridized carbons (Fsp3) is 0.286. The van der Waals surface area contributed by atoms with E-state index >= 15 is 0 Å². The molecule has 1 saturated heterocycles. The summed E-state index contributed by atoms with van der Waals surface area (Å²) in [4.78, 5) is 54.1. The summed E-state index contributed by atoms with van der Waals surface area (Å²) in [5.41, 5.74) is 1.25. The number of thiophene rings is 1. The van der Waals surface area contributed by atoms with E-state index in [-0.39, 0.29) is 17.5 Å². The van der Waals surface area contributed by atoms with Gasteiger partial charge in [0.15, 0.2) is 0 Å². The normalized spacial score (nSPS) is 14.2. The lowest BCUT2D eigenvalue weighted by Crippen LogP contribution is -2.35. The van der Waals surface area contributed by atoms with Crippen molar-refractivity contribution in [2.75, 3.05) is 43.5 Å². The van der Waals surface area contributed by atoms with Crippen LogP contribution in [0.4, 0.5) is 20.6 Å². The van der Waals surface area contributed by atoms with E-state index in [9.17, 15) is 28.7 Å². The van der Waals surface area contributed by atoms with E-state index in [1.54, 1.807) is 34.5 Å². The molecular formula is C28H29FN4O6S. The molecule has 1 aliphatic rings. The Labute approximate surface area is 234 Å². The Morgan fingerprint density at radius 2 is 1.80 bits per heavy atom. The first kappa shape index (κ1) is 28.6. The van der Waals surface area contributed by atoms with Crippen molar-refractivity contribution in [3.05, 3.63) is 81.8 Å². The van der Waals surface area contributed by atoms with Crippen molar-refractivity contribution in [2.24, 2.45) is 0 Å². The number of aliphatic carboxylic acids is 1. The first-order valence-corrected chi connectivity index (χ1v) is 13.5. The molecule has 0 bridgehead atoms. The number of nitrogens with zero attached hydrogens (tertiary/aromatic N) is 2. The quantitative estimate of drug-likeness (QED) is 0.368. The predicted octanol–water partition coefficient (Wildman–Crippen LogP) is 4.36. The molecule has 12 heteroatoms. The highest BCUT2D eigenvalue weighted by molar-refractivity contribution is 7.10. The third-order valence-corrected chi connectivity index (χ3v) is 7.42. The minimum absolute atomic E-state index is 0.104. The van der Waals surface area contributed by atoms with Crippen molar-refractivity contribution in [2.45, 2.75) is 18.9 Å². The molecule has 1 aromatic heterocycles. The summed E-state index contributed by atoms with van der Waals surface area (Å²) in [6.07, 6.45) is -0.0697. The van der Waals surface area contributed by atoms with Crippen LogP contribution < -0.4 is 15.5 Å². The van der Waals surface area contributed by atoms with Gasteiger partial charge >= 0.3 is 12.1 Å². The molecule has 1 atom stereocenters. The summed E-state index contributed by atoms with van der Waals surface area (Å²) in [6.45, 7) is 1.91. The Bertz CT molecular complexity index is 1380. The Morgan fingerprint density at radius 3 is 2.50 bits per heavy atom. The molecule has 2 aromatic carbocycles. The van der Waals surface area contributed by atoms with E-state index in [0.29, 0.717) is 48.9 Å². The van der Waals surface area contributed by atoms with E-state index in [0.717, 1.165) is 6.07 Å². The molecule has 3 N–H and O–H groups in total. The number of carbonyl (C=O) groups excluding carboxylic acids is 3. The number of benzene rings is 2. The van der Waals surface area contributed by atoms with Gasteiger partial charge in [0.05, 0.1) is 30.9 Å². The van der Waals surface area contributed by atoms with E-state index < -0.39 is 35.7 Å². The van der Waals surface area contributed by atoms with E-state index in [2.05, 4.69) is 10.6 Å². The van der Waals surface area contributed by atoms with Gasteiger partial charge in [-0.15, -0.1) is 11.3 Å². The number of carboxylic acid groups (broad SMARTS) is 1. The number of methoxy groups -OCH3 is 1. The van der Waals surface area contributed by atoms with Crippen LogP contribution in [0.1, 0.15) is 44.5 Å². The van der Waals surface area contributed by atoms with Crippen LogP contribution in [0.5, 0.6) is 0 Å². The van der Waals surface area contributed by atoms with Crippen LogP contribution in [0.2, 0.25) is 0 Å². The lowest BCUT2D eigenvalue weighted by atomic mass is 10.1. The van der Waals surface area contributed by atoms with Crippen LogP contribution in [0.15, 0.2) is 60.0 Å². The zero-order valence-corrected chi connectivity index (χ0v) is 22.6. The SMILES string of the molecule is COC(=O)N1CCCN(c2ccc(C(=O)NC(CC(=O)O)c3cccs3)cc2NC(=O)c2cccc(F)c2)CC1. The van der Waals surface area contributed by atoms with Crippen LogP contribution in [-0.2, 0) is 9.53 Å². The Balaban J connectivity index is 1.63. The predicted molar refractivity (Wildman–Crippen MR) is 148 cm³/mol. The van der Waals surface area contributed by atoms with Crippen LogP contribution >= 0.6 is 11.3 Å². The molecule has 4 rings (SSSR count). The Kier molecular flexibility index (Phi) is 9.33. The summed E-state index contributed by atoms with van der Waals surface area (Å²) in [5.74, 6) is -2.69. The second kappa shape index (κ2) is 13.1. The maximum absolute atomic E-state index is 13.8. The molecule has 0 aliphatic carbocycles. The number of hydrogen-bond donors (Lipinski definition) is 3. The van der Waals surface area contributed by atoms with Gasteiger partial charge in [-0.25, -0.2) is 9.18 Å². The zero-order chi connectivity index (χ0) is 28.6. The third kappa shape index (κ3) is 7.14. The minimum Gasteiger partial charge on any atom is -0.481 e. The van der Waals surface area contributed by atoms with Gasteiger partial charge in [0.2, 0.25) is 0 Å². The van der Waals surface area contributed by atoms with Crippen molar-refractivity contribution < 1.29 is 33.4 Å². The van der Waals surface area contributed by atoms with Gasteiger partial charge in [0, 0.05) is 42.2 Å². The van der Waals surface area contributed by atoms with Gasteiger partial charge in [0.1, 0.15) is 5.82 Å². The summed E-state index contributed by atoms with van der Waals surface area (Å²) in [6, 6.07) is 12.9. The number of ether oxygens (including phenoxy) is 1. The molecule has 40 heavy (non-hydrogen) atoms. The number of rotatable bonds is 8. The van der Waals surface area contributed by atoms with Crippen molar-refractivity contribution in [1.82, 2.24) is 10.2 Å². The molecule has 10 nitrogen and oxygen atoms in total. The molecule has 0 radical (unpaired) electrons. The molecule has 210 valence electrons. The third-order valence-electron chi connectivity index (χ3n) is 6.43. The standard InChI is InChI=1S/C28H29FN4O6S/c1-39-28(38)33-11-4-10-32(12-13-33)23-9-8-19(16-21(23)30-26(36)18-5-2-6-20(29)15-18)27(37)31-22(17-25(34)35)24-7-3-14-40-24/h2-3,5-9,14-16,22H,4,10-13,17H2,1H3,(H,30,36)(H,31,37)(H,34,35). The van der Waals surface area contributed by atoms with Gasteiger partial charge < -0.3 is 30.3 Å². The molecule has 1 fully saturated rings. The highest BCUT2D eigenvalue weighted by atomic mass is 32.1. The number of anilines is 2. The van der Waals surface area contributed by atoms with Gasteiger partial charge in [0.25, 0.3) is 11.8 Å². The van der Waals surface area contributed by atoms with Gasteiger partial charge in [-0.05, 0) is 54.3 Å². The highest BCUT2D eigenvalue weighted by Gasteiger charge is 2.24. The molecular weight excluding hydrogens is 539 g/mol. The lowest BCUT2D eigenvalue weighted by Gasteiger charge is -2.26. The first-order valence-electron chi connectivity index (χ1n) is 12.6. The summed E-state index contributed by atoms with van der Waals surface area (Å²) >= 11 is 1.34. The Morgan fingerprint density at radius 1 is 1.00 bits per heavy atom. The van der Waals surface area contributed by atoms with Crippen molar-refractivity contribution >= 4 is 46.6 Å². The van der Waals surface area contributed by atoms with Crippen LogP contribution in [0.3, 0.4) is 0 Å². The number of carboxylic acids is 1. The Hall–Kier alpha value is -4.45. The number of halogens is 1. The van der Waals surface area contributed by atoms with Gasteiger partial charge in [-0.3, -0.25) is 14.4 Å². The maximum atomic E-state index is 13.8. The van der Waals surface area contributed by atoms with E-state index in [1.165, 1.54) is 42.7 Å². The molecule has 3 aromatic rings. The molecule has 1 aliphatic heterocycles. The average Bonchev–Trinajstić information content (AvgIpc) is 3.37. The smallest absolute Gasteiger partial charge is 0.409 e. The van der Waals surface area contributed by atoms with E-state index in [4.69, 9.17) is 4.74 Å². The summed E-state index contributed by atoms with van der Waals surface area (Å²) in [5, 5.41) is 16.7. The van der Waals surface area contributed by atoms with Crippen molar-refractivity contribution in [3.8, 4) is 0 Å². The molecule has 2 heterocycles. The summed E-state index contributed by atoms with van der Waals surface area (Å²) in [7, 11) is 1.33. The van der Waals surface area contributed by atoms with Crippen LogP contribution in [0, 0.1) is 5.82 Å². The van der Waals surface area contributed by atoms with Crippen LogP contribution in [-0.4, -0.2) is 67.2 Å². The van der Waals surface area contributed by atoms with Crippen LogP contribution in [0.25, 0.3) is 0 Å². The minimum atomic E-state index is -1.06. The van der Waals surface area contributed by atoms with Crippen molar-refractivity contribution in [1.29, 1.82) is 0 Å². The molecule has 3 amide bonds. The zero-order valence-electron chi connectivity index (χ0n) is 21.8. The lowest BCUT2D eigenvalue weighted by molar-refractivity contribution is -0.137. The van der Waals surface area contributed by atoms with E-state index in [1.807, 2.05) is 4.90 Å². The summed E-state index contributed by atoms with van der Waals surface area (Å²) < 4.78 is 18.6. The second-order valence-corrected chi connectivity index (χ2v) is 10.1. The monoisotopic (exact) mass is 568 g/mol. The number of carbonyl (C=O) groups is 4. The molecule has 0 spiro atoms. The van der Waals surface area contributed by atoms with Gasteiger partial charge in [-0.1, -0.05) is 12.1 Å². The second-order valence-electron chi connectivity index (χ2n) is 9.13. The maximum Gasteiger partial charge on any atom is 0.409 e. The van der Waals surface area contributed by atoms with Crippen molar-refractivity contribution in [3.63, 3.8) is 0 Å². The number of nitrogens with one attached hydrogen (secondary N) is 2.